The first-order chi connectivity index (χ1) is 7.00. The summed E-state index contributed by atoms with van der Waals surface area (Å²) >= 11 is 0. The van der Waals surface area contributed by atoms with Gasteiger partial charge in [0.2, 0.25) is 5.89 Å². The predicted octanol–water partition coefficient (Wildman–Crippen LogP) is 1.29. The van der Waals surface area contributed by atoms with E-state index in [-0.39, 0.29) is 5.56 Å². The van der Waals surface area contributed by atoms with E-state index in [2.05, 4.69) is 10.1 Å². The summed E-state index contributed by atoms with van der Waals surface area (Å²) in [6, 6.07) is 0. The van der Waals surface area contributed by atoms with Gasteiger partial charge >= 0.3 is 0 Å². The van der Waals surface area contributed by atoms with E-state index in [1.807, 2.05) is 20.8 Å². The van der Waals surface area contributed by atoms with Gasteiger partial charge in [-0.05, 0) is 20.8 Å². The van der Waals surface area contributed by atoms with Crippen LogP contribution in [0.3, 0.4) is 0 Å². The maximum Gasteiger partial charge on any atom is 0.279 e. The molecule has 1 N–H and O–H groups in total. The summed E-state index contributed by atoms with van der Waals surface area (Å²) in [5.74, 6) is 1.14. The van der Waals surface area contributed by atoms with Gasteiger partial charge in [-0.15, -0.1) is 0 Å². The summed E-state index contributed by atoms with van der Waals surface area (Å²) in [4.78, 5) is 16.0. The molecule has 0 saturated heterocycles. The van der Waals surface area contributed by atoms with Crippen molar-refractivity contribution in [1.82, 2.24) is 14.8 Å². The van der Waals surface area contributed by atoms with Gasteiger partial charge < -0.3 is 4.42 Å². The lowest BCUT2D eigenvalue weighted by atomic mass is 10.2. The van der Waals surface area contributed by atoms with Crippen LogP contribution in [0.4, 0.5) is 0 Å². The van der Waals surface area contributed by atoms with Crippen LogP contribution in [0.5, 0.6) is 0 Å². The highest BCUT2D eigenvalue weighted by atomic mass is 16.4. The van der Waals surface area contributed by atoms with Crippen molar-refractivity contribution in [3.63, 3.8) is 0 Å². The van der Waals surface area contributed by atoms with Crippen LogP contribution in [0.15, 0.2) is 9.21 Å². The SMILES string of the molecule is Cc1nc(-c2c(C)[nH]n(C)c2=O)oc1C. The van der Waals surface area contributed by atoms with Gasteiger partial charge in [-0.2, -0.15) is 0 Å². The van der Waals surface area contributed by atoms with E-state index >= 15 is 0 Å². The third kappa shape index (κ3) is 1.40. The van der Waals surface area contributed by atoms with E-state index in [9.17, 15) is 4.79 Å². The number of hydrogen-bond donors (Lipinski definition) is 1. The Morgan fingerprint density at radius 3 is 2.40 bits per heavy atom. The molecule has 0 radical (unpaired) electrons. The second-order valence-corrected chi connectivity index (χ2v) is 3.64. The Bertz CT molecular complexity index is 540. The van der Waals surface area contributed by atoms with Gasteiger partial charge in [-0.1, -0.05) is 0 Å². The minimum absolute atomic E-state index is 0.117. The van der Waals surface area contributed by atoms with Crippen molar-refractivity contribution < 1.29 is 4.42 Å². The summed E-state index contributed by atoms with van der Waals surface area (Å²) in [5.41, 5.74) is 1.97. The van der Waals surface area contributed by atoms with Crippen LogP contribution in [0.1, 0.15) is 17.1 Å². The minimum atomic E-state index is -0.117. The van der Waals surface area contributed by atoms with Crippen LogP contribution in [0.2, 0.25) is 0 Å². The van der Waals surface area contributed by atoms with Crippen LogP contribution in [0, 0.1) is 20.8 Å². The Balaban J connectivity index is 2.68. The van der Waals surface area contributed by atoms with E-state index < -0.39 is 0 Å². The second kappa shape index (κ2) is 3.12. The van der Waals surface area contributed by atoms with E-state index in [0.29, 0.717) is 11.5 Å². The molecule has 15 heavy (non-hydrogen) atoms. The Morgan fingerprint density at radius 1 is 1.33 bits per heavy atom. The molecular weight excluding hydrogens is 194 g/mol. The van der Waals surface area contributed by atoms with Crippen LogP contribution < -0.4 is 5.56 Å². The van der Waals surface area contributed by atoms with Crippen LogP contribution in [-0.4, -0.2) is 14.8 Å². The average Bonchev–Trinajstić information content (AvgIpc) is 2.57. The molecule has 2 rings (SSSR count). The van der Waals surface area contributed by atoms with Gasteiger partial charge in [0.25, 0.3) is 5.56 Å². The quantitative estimate of drug-likeness (QED) is 0.766. The number of rotatable bonds is 1. The number of nitrogens with zero attached hydrogens (tertiary/aromatic N) is 2. The van der Waals surface area contributed by atoms with E-state index in [1.54, 1.807) is 7.05 Å². The number of hydrogen-bond acceptors (Lipinski definition) is 3. The topological polar surface area (TPSA) is 63.8 Å². The lowest BCUT2D eigenvalue weighted by Gasteiger charge is -1.88. The van der Waals surface area contributed by atoms with Crippen molar-refractivity contribution in [3.8, 4) is 11.5 Å². The number of H-pyrrole nitrogens is 1. The molecule has 0 atom stereocenters. The normalized spacial score (nSPS) is 10.9. The number of aromatic nitrogens is 3. The maximum absolute atomic E-state index is 11.7. The third-order valence-corrected chi connectivity index (χ3v) is 2.47. The first-order valence-corrected chi connectivity index (χ1v) is 4.70. The fourth-order valence-corrected chi connectivity index (χ4v) is 1.52. The van der Waals surface area contributed by atoms with Gasteiger partial charge in [0.05, 0.1) is 5.69 Å². The Kier molecular flexibility index (Phi) is 2.03. The smallest absolute Gasteiger partial charge is 0.279 e. The summed E-state index contributed by atoms with van der Waals surface area (Å²) in [5, 5.41) is 2.91. The van der Waals surface area contributed by atoms with Gasteiger partial charge in [0, 0.05) is 12.7 Å². The monoisotopic (exact) mass is 207 g/mol. The van der Waals surface area contributed by atoms with Crippen molar-refractivity contribution in [2.75, 3.05) is 0 Å². The van der Waals surface area contributed by atoms with Gasteiger partial charge in [0.1, 0.15) is 11.3 Å². The molecule has 0 aliphatic rings. The number of aromatic amines is 1. The molecule has 0 spiro atoms. The maximum atomic E-state index is 11.7. The van der Waals surface area contributed by atoms with E-state index in [1.165, 1.54) is 4.68 Å². The number of nitrogens with one attached hydrogen (secondary N) is 1. The second-order valence-electron chi connectivity index (χ2n) is 3.64. The number of aryl methyl sites for hydroxylation is 4. The molecule has 0 saturated carbocycles. The molecule has 2 aromatic rings. The summed E-state index contributed by atoms with van der Waals surface area (Å²) in [6.45, 7) is 5.51. The van der Waals surface area contributed by atoms with Crippen molar-refractivity contribution in [1.29, 1.82) is 0 Å². The average molecular weight is 207 g/mol. The first kappa shape index (κ1) is 9.76. The summed E-state index contributed by atoms with van der Waals surface area (Å²) in [7, 11) is 1.67. The molecular formula is C10H13N3O2. The van der Waals surface area contributed by atoms with E-state index in [0.717, 1.165) is 17.1 Å². The molecule has 0 bridgehead atoms. The van der Waals surface area contributed by atoms with Crippen molar-refractivity contribution in [3.05, 3.63) is 27.5 Å². The largest absolute Gasteiger partial charge is 0.441 e. The van der Waals surface area contributed by atoms with Crippen LogP contribution in [-0.2, 0) is 7.05 Å². The fourth-order valence-electron chi connectivity index (χ4n) is 1.52. The molecule has 0 aliphatic carbocycles. The standard InChI is InChI=1S/C10H13N3O2/c1-5-7(3)15-9(11-5)8-6(2)12-13(4)10(8)14/h12H,1-4H3. The van der Waals surface area contributed by atoms with Crippen LogP contribution >= 0.6 is 0 Å². The van der Waals surface area contributed by atoms with Gasteiger partial charge in [-0.25, -0.2) is 4.98 Å². The van der Waals surface area contributed by atoms with Gasteiger partial charge in [0.15, 0.2) is 0 Å². The lowest BCUT2D eigenvalue weighted by molar-refractivity contribution is 0.540. The highest BCUT2D eigenvalue weighted by Crippen LogP contribution is 2.20. The zero-order valence-corrected chi connectivity index (χ0v) is 9.21. The predicted molar refractivity (Wildman–Crippen MR) is 55.7 cm³/mol. The highest BCUT2D eigenvalue weighted by Gasteiger charge is 2.17. The minimum Gasteiger partial charge on any atom is -0.441 e. The molecule has 5 nitrogen and oxygen atoms in total. The fraction of sp³-hybridized carbons (Fsp3) is 0.400. The molecule has 2 heterocycles. The molecule has 2 aromatic heterocycles. The van der Waals surface area contributed by atoms with Gasteiger partial charge in [-0.3, -0.25) is 14.6 Å². The van der Waals surface area contributed by atoms with Crippen molar-refractivity contribution >= 4 is 0 Å². The highest BCUT2D eigenvalue weighted by molar-refractivity contribution is 5.55. The Morgan fingerprint density at radius 2 is 2.00 bits per heavy atom. The number of oxazole rings is 1. The third-order valence-electron chi connectivity index (χ3n) is 2.47. The zero-order valence-electron chi connectivity index (χ0n) is 9.21. The first-order valence-electron chi connectivity index (χ1n) is 4.70. The molecule has 80 valence electrons. The molecule has 0 aliphatic heterocycles. The molecule has 0 fully saturated rings. The Labute approximate surface area is 86.7 Å². The molecule has 5 heteroatoms. The summed E-state index contributed by atoms with van der Waals surface area (Å²) in [6.07, 6.45) is 0. The van der Waals surface area contributed by atoms with Crippen molar-refractivity contribution in [2.24, 2.45) is 7.05 Å². The zero-order chi connectivity index (χ0) is 11.2. The molecule has 0 amide bonds. The molecule has 0 unspecified atom stereocenters. The summed E-state index contributed by atoms with van der Waals surface area (Å²) < 4.78 is 6.85. The molecule has 0 aromatic carbocycles. The lowest BCUT2D eigenvalue weighted by Crippen LogP contribution is -2.13. The van der Waals surface area contributed by atoms with Crippen LogP contribution in [0.25, 0.3) is 11.5 Å². The van der Waals surface area contributed by atoms with Crippen molar-refractivity contribution in [2.45, 2.75) is 20.8 Å². The Hall–Kier alpha value is -1.78. The van der Waals surface area contributed by atoms with E-state index in [4.69, 9.17) is 4.42 Å².